The second kappa shape index (κ2) is 11.9. The summed E-state index contributed by atoms with van der Waals surface area (Å²) in [5, 5.41) is 9.45. The van der Waals surface area contributed by atoms with Gasteiger partial charge in [0.15, 0.2) is 10.3 Å². The highest BCUT2D eigenvalue weighted by Gasteiger charge is 2.35. The first-order chi connectivity index (χ1) is 18.0. The second-order valence-corrected chi connectivity index (χ2v) is 11.7. The molecule has 0 radical (unpaired) electrons. The van der Waals surface area contributed by atoms with Gasteiger partial charge in [-0.25, -0.2) is 15.0 Å². The molecule has 1 aromatic carbocycles. The molecule has 1 aliphatic carbocycles. The van der Waals surface area contributed by atoms with E-state index in [0.717, 1.165) is 54.6 Å². The Kier molecular flexibility index (Phi) is 8.42. The second-order valence-electron chi connectivity index (χ2n) is 9.86. The molecule has 2 aromatic heterocycles. The predicted octanol–water partition coefficient (Wildman–Crippen LogP) is 6.25. The number of aromatic nitrogens is 4. The molecule has 7 nitrogen and oxygen atoms in total. The zero-order valence-electron chi connectivity index (χ0n) is 21.0. The van der Waals surface area contributed by atoms with E-state index in [-0.39, 0.29) is 5.41 Å². The Morgan fingerprint density at radius 2 is 1.86 bits per heavy atom. The zero-order chi connectivity index (χ0) is 25.7. The summed E-state index contributed by atoms with van der Waals surface area (Å²) in [6.07, 6.45) is 11.7. The molecule has 3 heterocycles. The molecule has 2 aliphatic rings. The first kappa shape index (κ1) is 26.1. The summed E-state index contributed by atoms with van der Waals surface area (Å²) in [7, 11) is 0. The van der Waals surface area contributed by atoms with Crippen LogP contribution in [0, 0.1) is 0 Å². The lowest BCUT2D eigenvalue weighted by molar-refractivity contribution is 0.435. The van der Waals surface area contributed by atoms with E-state index in [1.165, 1.54) is 36.6 Å². The number of anilines is 2. The van der Waals surface area contributed by atoms with E-state index < -0.39 is 0 Å². The molecule has 0 bridgehead atoms. The van der Waals surface area contributed by atoms with Gasteiger partial charge in [0.1, 0.15) is 10.8 Å². The van der Waals surface area contributed by atoms with Crippen LogP contribution in [0.5, 0.6) is 0 Å². The van der Waals surface area contributed by atoms with Gasteiger partial charge >= 0.3 is 0 Å². The molecular formula is C27H32ClN7S2. The van der Waals surface area contributed by atoms with Crippen molar-refractivity contribution in [2.45, 2.75) is 73.5 Å². The predicted molar refractivity (Wildman–Crippen MR) is 155 cm³/mol. The van der Waals surface area contributed by atoms with E-state index in [4.69, 9.17) is 33.8 Å². The molecule has 194 valence electrons. The fourth-order valence-corrected chi connectivity index (χ4v) is 6.36. The number of thiocarbonyl (C=S) groups is 1. The molecule has 10 heteroatoms. The Labute approximate surface area is 233 Å². The molecule has 1 saturated heterocycles. The maximum atomic E-state index is 6.15. The van der Waals surface area contributed by atoms with Gasteiger partial charge in [0.05, 0.1) is 0 Å². The Morgan fingerprint density at radius 1 is 1.11 bits per heavy atom. The maximum absolute atomic E-state index is 6.15. The summed E-state index contributed by atoms with van der Waals surface area (Å²) in [5.74, 6) is 1.39. The molecule has 1 saturated carbocycles. The summed E-state index contributed by atoms with van der Waals surface area (Å²) in [5.41, 5.74) is 1.36. The van der Waals surface area contributed by atoms with Crippen LogP contribution in [-0.2, 0) is 5.41 Å². The minimum absolute atomic E-state index is 0.0495. The van der Waals surface area contributed by atoms with Gasteiger partial charge in [-0.1, -0.05) is 36.6 Å². The Bertz CT molecular complexity index is 1200. The maximum Gasteiger partial charge on any atom is 0.232 e. The topological polar surface area (TPSA) is 78.9 Å². The van der Waals surface area contributed by atoms with Crippen molar-refractivity contribution in [2.24, 2.45) is 0 Å². The van der Waals surface area contributed by atoms with Gasteiger partial charge in [0.25, 0.3) is 0 Å². The molecular weight excluding hydrogens is 522 g/mol. The number of rotatable bonds is 7. The van der Waals surface area contributed by atoms with E-state index in [9.17, 15) is 0 Å². The minimum Gasteiger partial charge on any atom is -0.361 e. The van der Waals surface area contributed by atoms with Crippen molar-refractivity contribution in [3.05, 3.63) is 59.4 Å². The number of nitrogens with one attached hydrogen (secondary N) is 2. The van der Waals surface area contributed by atoms with E-state index >= 15 is 0 Å². The van der Waals surface area contributed by atoms with Gasteiger partial charge in [-0.15, -0.1) is 0 Å². The van der Waals surface area contributed by atoms with Crippen molar-refractivity contribution in [2.75, 3.05) is 23.3 Å². The van der Waals surface area contributed by atoms with E-state index in [1.807, 2.05) is 24.3 Å². The van der Waals surface area contributed by atoms with Crippen LogP contribution < -0.4 is 15.5 Å². The molecule has 0 unspecified atom stereocenters. The van der Waals surface area contributed by atoms with Crippen LogP contribution in [0.2, 0.25) is 5.02 Å². The van der Waals surface area contributed by atoms with Crippen LogP contribution in [0.1, 0.15) is 57.4 Å². The van der Waals surface area contributed by atoms with Crippen LogP contribution in [-0.4, -0.2) is 44.2 Å². The van der Waals surface area contributed by atoms with Crippen LogP contribution in [0.25, 0.3) is 0 Å². The highest BCUT2D eigenvalue weighted by atomic mass is 35.5. The number of halogens is 1. The SMILES string of the molecule is C[C@@H]1CCCCN1c1cc(Sc2ncccn2)nc(NC(=S)NCC2(c3ccc(Cl)cc3)CCCC2)n1. The van der Waals surface area contributed by atoms with Crippen molar-refractivity contribution >= 4 is 52.5 Å². The molecule has 0 spiro atoms. The Morgan fingerprint density at radius 3 is 2.59 bits per heavy atom. The number of piperidine rings is 1. The van der Waals surface area contributed by atoms with Crippen molar-refractivity contribution in [3.63, 3.8) is 0 Å². The third kappa shape index (κ3) is 6.51. The quantitative estimate of drug-likeness (QED) is 0.200. The van der Waals surface area contributed by atoms with E-state index in [0.29, 0.717) is 22.3 Å². The number of nitrogens with zero attached hydrogens (tertiary/aromatic N) is 5. The average molecular weight is 554 g/mol. The van der Waals surface area contributed by atoms with Crippen LogP contribution in [0.4, 0.5) is 11.8 Å². The smallest absolute Gasteiger partial charge is 0.232 e. The standard InChI is InChI=1S/C27H32ClN7S2/c1-19-7-2-5-16-35(19)22-17-23(37-26-29-14-6-15-30-26)33-24(32-22)34-25(36)31-18-27(12-3-4-13-27)20-8-10-21(28)11-9-20/h6,8-11,14-15,17,19H,2-5,7,12-13,16,18H2,1H3,(H2,31,32,33,34,36)/t19-/m1/s1. The van der Waals surface area contributed by atoms with Crippen molar-refractivity contribution in [3.8, 4) is 0 Å². The third-order valence-electron chi connectivity index (χ3n) is 7.35. The first-order valence-electron chi connectivity index (χ1n) is 12.9. The van der Waals surface area contributed by atoms with Gasteiger partial charge in [0.2, 0.25) is 5.95 Å². The zero-order valence-corrected chi connectivity index (χ0v) is 23.4. The molecule has 0 amide bonds. The summed E-state index contributed by atoms with van der Waals surface area (Å²) >= 11 is 13.3. The Balaban J connectivity index is 1.33. The van der Waals surface area contributed by atoms with E-state index in [1.54, 1.807) is 12.4 Å². The van der Waals surface area contributed by atoms with Gasteiger partial charge in [-0.05, 0) is 86.8 Å². The summed E-state index contributed by atoms with van der Waals surface area (Å²) < 4.78 is 0. The minimum atomic E-state index is 0.0495. The molecule has 2 fully saturated rings. The summed E-state index contributed by atoms with van der Waals surface area (Å²) in [6, 6.07) is 12.5. The fourth-order valence-electron chi connectivity index (χ4n) is 5.36. The molecule has 1 atom stereocenters. The highest BCUT2D eigenvalue weighted by molar-refractivity contribution is 7.99. The lowest BCUT2D eigenvalue weighted by Crippen LogP contribution is -2.41. The third-order valence-corrected chi connectivity index (χ3v) is 8.66. The monoisotopic (exact) mass is 553 g/mol. The number of benzene rings is 1. The molecule has 2 N–H and O–H groups in total. The molecule has 5 rings (SSSR count). The van der Waals surface area contributed by atoms with E-state index in [2.05, 4.69) is 44.6 Å². The summed E-state index contributed by atoms with van der Waals surface area (Å²) in [6.45, 7) is 3.99. The highest BCUT2D eigenvalue weighted by Crippen LogP contribution is 2.41. The Hall–Kier alpha value is -2.49. The van der Waals surface area contributed by atoms with Crippen LogP contribution in [0.15, 0.2) is 59.0 Å². The normalized spacial score (nSPS) is 19.0. The number of hydrogen-bond donors (Lipinski definition) is 2. The lowest BCUT2D eigenvalue weighted by Gasteiger charge is -2.34. The molecule has 3 aromatic rings. The van der Waals surface area contributed by atoms with Crippen molar-refractivity contribution < 1.29 is 0 Å². The number of hydrogen-bond acceptors (Lipinski definition) is 7. The van der Waals surface area contributed by atoms with Crippen LogP contribution >= 0.6 is 35.6 Å². The molecule has 1 aliphatic heterocycles. The summed E-state index contributed by atoms with van der Waals surface area (Å²) in [4.78, 5) is 20.7. The van der Waals surface area contributed by atoms with Crippen molar-refractivity contribution in [1.82, 2.24) is 25.3 Å². The first-order valence-corrected chi connectivity index (χ1v) is 14.5. The lowest BCUT2D eigenvalue weighted by atomic mass is 9.79. The van der Waals surface area contributed by atoms with Gasteiger partial charge in [0, 0.05) is 48.0 Å². The fraction of sp³-hybridized carbons (Fsp3) is 0.444. The van der Waals surface area contributed by atoms with Gasteiger partial charge in [-0.2, -0.15) is 4.98 Å². The van der Waals surface area contributed by atoms with Gasteiger partial charge < -0.3 is 15.5 Å². The largest absolute Gasteiger partial charge is 0.361 e. The average Bonchev–Trinajstić information content (AvgIpc) is 3.39. The van der Waals surface area contributed by atoms with Crippen molar-refractivity contribution in [1.29, 1.82) is 0 Å². The van der Waals surface area contributed by atoms with Gasteiger partial charge in [-0.3, -0.25) is 0 Å². The molecule has 37 heavy (non-hydrogen) atoms. The van der Waals surface area contributed by atoms with Crippen LogP contribution in [0.3, 0.4) is 0 Å².